The molecule has 2 nitrogen and oxygen atoms in total. The van der Waals surface area contributed by atoms with Gasteiger partial charge in [0.25, 0.3) is 0 Å². The molecule has 0 heterocycles. The van der Waals surface area contributed by atoms with Crippen molar-refractivity contribution < 1.29 is 9.84 Å². The number of fused-ring (bicyclic) bond motifs is 5. The molecule has 23 heavy (non-hydrogen) atoms. The number of phenols is 1. The van der Waals surface area contributed by atoms with Gasteiger partial charge in [-0.25, -0.2) is 0 Å². The van der Waals surface area contributed by atoms with E-state index in [-0.39, 0.29) is 0 Å². The van der Waals surface area contributed by atoms with Gasteiger partial charge in [-0.3, -0.25) is 0 Å². The monoisotopic (exact) mass is 314 g/mol. The second-order valence-corrected chi connectivity index (χ2v) is 8.38. The molecule has 2 fully saturated rings. The number of ether oxygens (including phenoxy) is 1. The maximum Gasteiger partial charge on any atom is 0.115 e. The van der Waals surface area contributed by atoms with Gasteiger partial charge in [-0.15, -0.1) is 0 Å². The van der Waals surface area contributed by atoms with Gasteiger partial charge in [0.15, 0.2) is 0 Å². The van der Waals surface area contributed by atoms with E-state index >= 15 is 0 Å². The van der Waals surface area contributed by atoms with Crippen LogP contribution in [0.2, 0.25) is 0 Å². The quantitative estimate of drug-likeness (QED) is 0.841. The first-order valence-electron chi connectivity index (χ1n) is 9.43. The van der Waals surface area contributed by atoms with Crippen LogP contribution in [0.1, 0.15) is 63.0 Å². The van der Waals surface area contributed by atoms with Gasteiger partial charge < -0.3 is 9.84 Å². The van der Waals surface area contributed by atoms with E-state index in [1.807, 2.05) is 19.2 Å². The van der Waals surface area contributed by atoms with Crippen molar-refractivity contribution >= 4 is 0 Å². The molecule has 3 aliphatic carbocycles. The van der Waals surface area contributed by atoms with Crippen LogP contribution in [0, 0.1) is 23.2 Å². The summed E-state index contributed by atoms with van der Waals surface area (Å²) in [6.07, 6.45) is 8.03. The minimum atomic E-state index is 0.331. The number of benzene rings is 1. The van der Waals surface area contributed by atoms with E-state index in [9.17, 15) is 5.11 Å². The summed E-state index contributed by atoms with van der Waals surface area (Å²) >= 11 is 0. The van der Waals surface area contributed by atoms with Crippen molar-refractivity contribution in [1.82, 2.24) is 0 Å². The summed E-state index contributed by atoms with van der Waals surface area (Å²) in [5.74, 6) is 3.41. The minimum Gasteiger partial charge on any atom is -0.508 e. The van der Waals surface area contributed by atoms with Crippen LogP contribution in [-0.2, 0) is 11.2 Å². The first-order chi connectivity index (χ1) is 11.1. The molecule has 0 saturated heterocycles. The molecule has 0 aliphatic heterocycles. The number of hydrogen-bond acceptors (Lipinski definition) is 2. The van der Waals surface area contributed by atoms with Gasteiger partial charge in [-0.1, -0.05) is 26.3 Å². The number of aromatic hydroxyl groups is 1. The van der Waals surface area contributed by atoms with E-state index < -0.39 is 0 Å². The van der Waals surface area contributed by atoms with Gasteiger partial charge in [0.05, 0.1) is 6.10 Å². The van der Waals surface area contributed by atoms with E-state index in [0.717, 1.165) is 24.2 Å². The Morgan fingerprint density at radius 3 is 2.83 bits per heavy atom. The van der Waals surface area contributed by atoms with E-state index in [1.54, 1.807) is 0 Å². The molecular weight excluding hydrogens is 284 g/mol. The van der Waals surface area contributed by atoms with Gasteiger partial charge in [0, 0.05) is 13.0 Å². The summed E-state index contributed by atoms with van der Waals surface area (Å²) in [6, 6.07) is 6.02. The highest BCUT2D eigenvalue weighted by Gasteiger charge is 2.57. The Bertz CT molecular complexity index is 596. The standard InChI is InChI=1S/C21H30O2/c1-4-14-6-10-18-17-8-5-13-11-15(22)7-9-16(13)20(17)19(23-3)12-21(14,18)2/h7,9,11,14,17-20,22H,4-6,8,10,12H2,1-3H3/t14-,17-,18-,19-,20+,21+/m0/s1. The van der Waals surface area contributed by atoms with Crippen LogP contribution in [0.5, 0.6) is 5.75 Å². The third-order valence-corrected chi connectivity index (χ3v) is 7.65. The average Bonchev–Trinajstić information content (AvgIpc) is 2.89. The zero-order chi connectivity index (χ0) is 16.2. The molecule has 1 aromatic rings. The molecule has 0 radical (unpaired) electrons. The molecule has 6 atom stereocenters. The van der Waals surface area contributed by atoms with Crippen LogP contribution in [0.4, 0.5) is 0 Å². The summed E-state index contributed by atoms with van der Waals surface area (Å²) in [7, 11) is 1.90. The highest BCUT2D eigenvalue weighted by atomic mass is 16.5. The predicted molar refractivity (Wildman–Crippen MR) is 92.7 cm³/mol. The van der Waals surface area contributed by atoms with Gasteiger partial charge in [0.2, 0.25) is 0 Å². The van der Waals surface area contributed by atoms with E-state index in [0.29, 0.717) is 23.2 Å². The molecule has 0 unspecified atom stereocenters. The zero-order valence-corrected chi connectivity index (χ0v) is 14.7. The molecule has 126 valence electrons. The first kappa shape index (κ1) is 15.5. The van der Waals surface area contributed by atoms with E-state index in [4.69, 9.17) is 4.74 Å². The Morgan fingerprint density at radius 2 is 2.09 bits per heavy atom. The lowest BCUT2D eigenvalue weighted by Gasteiger charge is -2.54. The summed E-state index contributed by atoms with van der Waals surface area (Å²) in [6.45, 7) is 4.92. The Labute approximate surface area is 140 Å². The average molecular weight is 314 g/mol. The fourth-order valence-electron chi connectivity index (χ4n) is 6.62. The van der Waals surface area contributed by atoms with Crippen molar-refractivity contribution in [2.75, 3.05) is 7.11 Å². The lowest BCUT2D eigenvalue weighted by molar-refractivity contribution is -0.0732. The SMILES string of the molecule is CC[C@H]1CC[C@H]2[C@@H]3CCc4cc(O)ccc4[C@H]3[C@@H](OC)C[C@]12C. The molecule has 0 amide bonds. The Morgan fingerprint density at radius 1 is 1.26 bits per heavy atom. The highest BCUT2D eigenvalue weighted by Crippen LogP contribution is 2.64. The molecular formula is C21H30O2. The second-order valence-electron chi connectivity index (χ2n) is 8.38. The van der Waals surface area contributed by atoms with Crippen LogP contribution in [0.25, 0.3) is 0 Å². The van der Waals surface area contributed by atoms with Gasteiger partial charge in [-0.2, -0.15) is 0 Å². The third-order valence-electron chi connectivity index (χ3n) is 7.65. The number of rotatable bonds is 2. The molecule has 0 spiro atoms. The minimum absolute atomic E-state index is 0.331. The van der Waals surface area contributed by atoms with Crippen molar-refractivity contribution in [1.29, 1.82) is 0 Å². The molecule has 1 N–H and O–H groups in total. The van der Waals surface area contributed by atoms with E-state index in [2.05, 4.69) is 19.9 Å². The highest BCUT2D eigenvalue weighted by molar-refractivity contribution is 5.41. The summed E-state index contributed by atoms with van der Waals surface area (Å²) in [5.41, 5.74) is 3.26. The maximum absolute atomic E-state index is 9.83. The lowest BCUT2D eigenvalue weighted by Crippen LogP contribution is -2.49. The molecule has 0 bridgehead atoms. The summed E-state index contributed by atoms with van der Waals surface area (Å²) in [5, 5.41) is 9.83. The van der Waals surface area contributed by atoms with Gasteiger partial charge >= 0.3 is 0 Å². The second kappa shape index (κ2) is 5.51. The fraction of sp³-hybridized carbons (Fsp3) is 0.714. The summed E-state index contributed by atoms with van der Waals surface area (Å²) in [4.78, 5) is 0. The van der Waals surface area contributed by atoms with Crippen LogP contribution < -0.4 is 0 Å². The Kier molecular flexibility index (Phi) is 3.72. The topological polar surface area (TPSA) is 29.5 Å². The van der Waals surface area contributed by atoms with Crippen LogP contribution >= 0.6 is 0 Å². The molecule has 0 aromatic heterocycles. The number of aryl methyl sites for hydroxylation is 1. The van der Waals surface area contributed by atoms with Crippen molar-refractivity contribution in [3.05, 3.63) is 29.3 Å². The van der Waals surface area contributed by atoms with Crippen molar-refractivity contribution in [3.63, 3.8) is 0 Å². The Hall–Kier alpha value is -1.02. The van der Waals surface area contributed by atoms with Crippen LogP contribution in [0.3, 0.4) is 0 Å². The Balaban J connectivity index is 1.76. The smallest absolute Gasteiger partial charge is 0.115 e. The number of methoxy groups -OCH3 is 1. The maximum atomic E-state index is 9.83. The zero-order valence-electron chi connectivity index (χ0n) is 14.7. The molecule has 3 aliphatic rings. The third kappa shape index (κ3) is 2.17. The lowest BCUT2D eigenvalue weighted by atomic mass is 9.53. The predicted octanol–water partition coefficient (Wildman–Crippen LogP) is 4.90. The number of hydrogen-bond donors (Lipinski definition) is 1. The van der Waals surface area contributed by atoms with Crippen molar-refractivity contribution in [2.24, 2.45) is 23.2 Å². The molecule has 2 saturated carbocycles. The fourth-order valence-corrected chi connectivity index (χ4v) is 6.62. The van der Waals surface area contributed by atoms with Crippen LogP contribution in [-0.4, -0.2) is 18.3 Å². The van der Waals surface area contributed by atoms with Crippen LogP contribution in [0.15, 0.2) is 18.2 Å². The summed E-state index contributed by atoms with van der Waals surface area (Å²) < 4.78 is 6.05. The van der Waals surface area contributed by atoms with Crippen molar-refractivity contribution in [3.8, 4) is 5.75 Å². The van der Waals surface area contributed by atoms with E-state index in [1.165, 1.54) is 43.2 Å². The van der Waals surface area contributed by atoms with Gasteiger partial charge in [-0.05, 0) is 78.5 Å². The molecule has 2 heteroatoms. The van der Waals surface area contributed by atoms with Crippen molar-refractivity contribution in [2.45, 2.75) is 64.4 Å². The molecule has 1 aromatic carbocycles. The van der Waals surface area contributed by atoms with Gasteiger partial charge in [0.1, 0.15) is 5.75 Å². The number of phenolic OH excluding ortho intramolecular Hbond substituents is 1. The molecule has 4 rings (SSSR count). The largest absolute Gasteiger partial charge is 0.508 e. The first-order valence-corrected chi connectivity index (χ1v) is 9.43. The normalized spacial score (nSPS) is 42.0.